The molecule has 0 aliphatic heterocycles. The number of hydrogen-bond donors (Lipinski definition) is 0. The van der Waals surface area contributed by atoms with Crippen molar-refractivity contribution in [2.75, 3.05) is 4.90 Å². The average Bonchev–Trinajstić information content (AvgIpc) is 2.77. The molecule has 0 fully saturated rings. The van der Waals surface area contributed by atoms with Gasteiger partial charge in [0, 0.05) is 55.1 Å². The van der Waals surface area contributed by atoms with E-state index in [4.69, 9.17) is 0 Å². The molecule has 3 aromatic carbocycles. The molecule has 0 aliphatic carbocycles. The molecule has 1 heterocycles. The molecule has 0 amide bonds. The van der Waals surface area contributed by atoms with Crippen molar-refractivity contribution in [1.82, 2.24) is 0 Å². The van der Waals surface area contributed by atoms with Crippen LogP contribution in [0.1, 0.15) is 13.3 Å². The van der Waals surface area contributed by atoms with Crippen LogP contribution in [-0.4, -0.2) is 0 Å². The van der Waals surface area contributed by atoms with Crippen LogP contribution in [0.4, 0.5) is 17.1 Å². The Morgan fingerprint density at radius 3 is 1.50 bits per heavy atom. The van der Waals surface area contributed by atoms with E-state index in [-0.39, 0.29) is 36.5 Å². The number of hydrogen-bond acceptors (Lipinski definition) is 1. The second-order valence-corrected chi connectivity index (χ2v) is 6.88. The SMILES string of the molecule is CCC[n+]1ccc(-c2ccc(N(c3ccccc3)c3ccccc3)cc2)cc1.[Br-].[Zn]. The number of para-hydroxylation sites is 2. The van der Waals surface area contributed by atoms with Gasteiger partial charge in [-0.2, -0.15) is 0 Å². The fourth-order valence-corrected chi connectivity index (χ4v) is 3.46. The predicted octanol–water partition coefficient (Wildman–Crippen LogP) is 3.52. The Kier molecular flexibility index (Phi) is 9.42. The zero-order valence-corrected chi connectivity index (χ0v) is 21.8. The van der Waals surface area contributed by atoms with Gasteiger partial charge in [0.1, 0.15) is 6.54 Å². The van der Waals surface area contributed by atoms with Crippen LogP contribution in [-0.2, 0) is 26.0 Å². The smallest absolute Gasteiger partial charge is 0.169 e. The molecule has 1 aromatic heterocycles. The number of pyridine rings is 1. The van der Waals surface area contributed by atoms with Crippen LogP contribution in [0.5, 0.6) is 0 Å². The third-order valence-electron chi connectivity index (χ3n) is 4.86. The maximum atomic E-state index is 2.28. The Morgan fingerprint density at radius 1 is 0.600 bits per heavy atom. The third-order valence-corrected chi connectivity index (χ3v) is 4.86. The van der Waals surface area contributed by atoms with E-state index in [1.807, 2.05) is 0 Å². The molecule has 4 rings (SSSR count). The van der Waals surface area contributed by atoms with Crippen LogP contribution in [0.25, 0.3) is 11.1 Å². The summed E-state index contributed by atoms with van der Waals surface area (Å²) in [5, 5.41) is 0. The van der Waals surface area contributed by atoms with Gasteiger partial charge in [0.2, 0.25) is 0 Å². The van der Waals surface area contributed by atoms with Crippen molar-refractivity contribution in [3.8, 4) is 11.1 Å². The molecule has 0 bridgehead atoms. The maximum Gasteiger partial charge on any atom is 0.169 e. The summed E-state index contributed by atoms with van der Waals surface area (Å²) in [5.41, 5.74) is 5.93. The molecule has 30 heavy (non-hydrogen) atoms. The zero-order valence-electron chi connectivity index (χ0n) is 17.3. The second-order valence-electron chi connectivity index (χ2n) is 6.88. The number of halogens is 1. The van der Waals surface area contributed by atoms with Gasteiger partial charge >= 0.3 is 0 Å². The molecule has 0 saturated heterocycles. The number of aromatic nitrogens is 1. The van der Waals surface area contributed by atoms with Crippen LogP contribution in [0.2, 0.25) is 0 Å². The molecule has 0 spiro atoms. The molecule has 148 valence electrons. The molecule has 0 radical (unpaired) electrons. The van der Waals surface area contributed by atoms with Gasteiger partial charge in [-0.05, 0) is 47.5 Å². The number of rotatable bonds is 6. The van der Waals surface area contributed by atoms with E-state index in [1.165, 1.54) is 11.1 Å². The summed E-state index contributed by atoms with van der Waals surface area (Å²) in [6.45, 7) is 3.26. The fraction of sp³-hybridized carbons (Fsp3) is 0.115. The van der Waals surface area contributed by atoms with Crippen molar-refractivity contribution in [2.45, 2.75) is 19.9 Å². The first kappa shape index (κ1) is 24.0. The summed E-state index contributed by atoms with van der Waals surface area (Å²) in [6, 6.07) is 34.2. The number of nitrogens with zero attached hydrogens (tertiary/aromatic N) is 2. The van der Waals surface area contributed by atoms with Crippen molar-refractivity contribution < 1.29 is 41.0 Å². The van der Waals surface area contributed by atoms with Crippen LogP contribution >= 0.6 is 0 Å². The molecule has 0 atom stereocenters. The minimum atomic E-state index is 0. The van der Waals surface area contributed by atoms with Crippen LogP contribution in [0.15, 0.2) is 109 Å². The summed E-state index contributed by atoms with van der Waals surface area (Å²) < 4.78 is 2.23. The van der Waals surface area contributed by atoms with E-state index in [2.05, 4.69) is 126 Å². The van der Waals surface area contributed by atoms with Gasteiger partial charge in [-0.15, -0.1) is 0 Å². The molecule has 4 aromatic rings. The fourth-order valence-electron chi connectivity index (χ4n) is 3.46. The van der Waals surface area contributed by atoms with Crippen molar-refractivity contribution in [2.24, 2.45) is 0 Å². The standard InChI is InChI=1S/C26H25N2.BrH.Zn/c1-2-19-27-20-17-23(18-21-27)22-13-15-26(16-14-22)28(24-9-5-3-6-10-24)25-11-7-4-8-12-25;;/h3-18,20-21H,2,19H2,1H3;1H;/q+1;;/p-1. The van der Waals surface area contributed by atoms with Crippen LogP contribution in [0.3, 0.4) is 0 Å². The van der Waals surface area contributed by atoms with E-state index in [0.29, 0.717) is 0 Å². The zero-order chi connectivity index (χ0) is 19.2. The quantitative estimate of drug-likeness (QED) is 0.284. The molecule has 0 saturated carbocycles. The Bertz CT molecular complexity index is 965. The Morgan fingerprint density at radius 2 is 1.03 bits per heavy atom. The van der Waals surface area contributed by atoms with Gasteiger partial charge in [0.15, 0.2) is 12.4 Å². The summed E-state index contributed by atoms with van der Waals surface area (Å²) >= 11 is 0. The Balaban J connectivity index is 0.00000160. The van der Waals surface area contributed by atoms with Gasteiger partial charge in [-0.3, -0.25) is 0 Å². The third kappa shape index (κ3) is 5.65. The summed E-state index contributed by atoms with van der Waals surface area (Å²) in [7, 11) is 0. The molecule has 0 aliphatic rings. The topological polar surface area (TPSA) is 7.12 Å². The van der Waals surface area contributed by atoms with E-state index in [0.717, 1.165) is 30.0 Å². The monoisotopic (exact) mass is 508 g/mol. The van der Waals surface area contributed by atoms with E-state index < -0.39 is 0 Å². The van der Waals surface area contributed by atoms with Gasteiger partial charge < -0.3 is 21.9 Å². The first-order chi connectivity index (χ1) is 13.8. The van der Waals surface area contributed by atoms with E-state index in [9.17, 15) is 0 Å². The summed E-state index contributed by atoms with van der Waals surface area (Å²) in [4.78, 5) is 2.28. The molecule has 0 N–H and O–H groups in total. The molecular weight excluding hydrogens is 486 g/mol. The number of anilines is 3. The predicted molar refractivity (Wildman–Crippen MR) is 117 cm³/mol. The van der Waals surface area contributed by atoms with Crippen molar-refractivity contribution in [3.63, 3.8) is 0 Å². The summed E-state index contributed by atoms with van der Waals surface area (Å²) in [6.07, 6.45) is 5.47. The van der Waals surface area contributed by atoms with Crippen molar-refractivity contribution in [3.05, 3.63) is 109 Å². The van der Waals surface area contributed by atoms with Gasteiger partial charge in [-0.1, -0.05) is 55.5 Å². The van der Waals surface area contributed by atoms with E-state index in [1.54, 1.807) is 0 Å². The first-order valence-electron chi connectivity index (χ1n) is 9.85. The minimum absolute atomic E-state index is 0. The Hall–Kier alpha value is -2.29. The molecular formula is C26H25BrN2Zn. The normalized spacial score (nSPS) is 9.90. The van der Waals surface area contributed by atoms with Crippen molar-refractivity contribution in [1.29, 1.82) is 0 Å². The van der Waals surface area contributed by atoms with Crippen molar-refractivity contribution >= 4 is 17.1 Å². The summed E-state index contributed by atoms with van der Waals surface area (Å²) in [5.74, 6) is 0. The molecule has 2 nitrogen and oxygen atoms in total. The van der Waals surface area contributed by atoms with Gasteiger partial charge in [-0.25, -0.2) is 4.57 Å². The second kappa shape index (κ2) is 11.8. The van der Waals surface area contributed by atoms with Gasteiger partial charge in [0.25, 0.3) is 0 Å². The van der Waals surface area contributed by atoms with Gasteiger partial charge in [0.05, 0.1) is 0 Å². The molecule has 4 heteroatoms. The minimum Gasteiger partial charge on any atom is -1.00 e. The average molecular weight is 511 g/mol. The van der Waals surface area contributed by atoms with Crippen LogP contribution in [0, 0.1) is 0 Å². The number of aryl methyl sites for hydroxylation is 1. The van der Waals surface area contributed by atoms with E-state index >= 15 is 0 Å². The van der Waals surface area contributed by atoms with Crippen LogP contribution < -0.4 is 26.4 Å². The molecule has 0 unspecified atom stereocenters. The number of benzene rings is 3. The Labute approximate surface area is 202 Å². The maximum absolute atomic E-state index is 2.28. The largest absolute Gasteiger partial charge is 1.00 e. The first-order valence-corrected chi connectivity index (χ1v) is 9.85.